The average Bonchev–Trinajstić information content (AvgIpc) is 2.87. The third-order valence-electron chi connectivity index (χ3n) is 9.53. The van der Waals surface area contributed by atoms with E-state index in [0.717, 1.165) is 38.5 Å². The zero-order valence-corrected chi connectivity index (χ0v) is 20.9. The van der Waals surface area contributed by atoms with Gasteiger partial charge in [0.25, 0.3) is 0 Å². The van der Waals surface area contributed by atoms with Crippen molar-refractivity contribution in [2.45, 2.75) is 110 Å². The van der Waals surface area contributed by atoms with Crippen molar-refractivity contribution in [3.05, 3.63) is 35.4 Å². The molecule has 4 aliphatic rings. The molecule has 0 aliphatic heterocycles. The van der Waals surface area contributed by atoms with Gasteiger partial charge in [-0.1, -0.05) is 44.5 Å². The summed E-state index contributed by atoms with van der Waals surface area (Å²) in [6.07, 6.45) is 16.3. The summed E-state index contributed by atoms with van der Waals surface area (Å²) in [5.74, 6) is 0.783. The topological polar surface area (TPSA) is 50.1 Å². The highest BCUT2D eigenvalue weighted by Crippen LogP contribution is 2.61. The maximum absolute atomic E-state index is 12.2. The van der Waals surface area contributed by atoms with Gasteiger partial charge < -0.3 is 4.74 Å². The molecule has 3 nitrogen and oxygen atoms in total. The van der Waals surface area contributed by atoms with E-state index in [9.17, 15) is 10.1 Å². The Hall–Kier alpha value is -1.82. The van der Waals surface area contributed by atoms with Crippen LogP contribution in [-0.4, -0.2) is 12.6 Å². The number of rotatable bonds is 9. The SMILES string of the molecule is CCCOC(=O)C1CCC(c2ccc(CC(C#N)C34CCC(CCC)(CC3)CC4)cc2)CC1. The van der Waals surface area contributed by atoms with Crippen LogP contribution in [0.15, 0.2) is 24.3 Å². The molecule has 0 saturated heterocycles. The van der Waals surface area contributed by atoms with Gasteiger partial charge >= 0.3 is 5.97 Å². The number of hydrogen-bond acceptors (Lipinski definition) is 3. The number of carbonyl (C=O) groups is 1. The Labute approximate surface area is 201 Å². The normalized spacial score (nSPS) is 32.2. The number of hydrogen-bond donors (Lipinski definition) is 0. The highest BCUT2D eigenvalue weighted by Gasteiger charge is 2.51. The first kappa shape index (κ1) is 24.3. The van der Waals surface area contributed by atoms with Crippen molar-refractivity contribution in [1.29, 1.82) is 5.26 Å². The fourth-order valence-electron chi connectivity index (χ4n) is 7.26. The van der Waals surface area contributed by atoms with Crippen LogP contribution in [0.4, 0.5) is 0 Å². The lowest BCUT2D eigenvalue weighted by Crippen LogP contribution is -2.45. The summed E-state index contributed by atoms with van der Waals surface area (Å²) in [5.41, 5.74) is 3.57. The van der Waals surface area contributed by atoms with E-state index >= 15 is 0 Å². The second kappa shape index (κ2) is 10.6. The summed E-state index contributed by atoms with van der Waals surface area (Å²) >= 11 is 0. The standard InChI is InChI=1S/C30H43NO2/c1-3-13-29-14-17-30(18-15-29,19-16-29)27(22-31)21-23-5-7-24(8-6-23)25-9-11-26(12-10-25)28(32)33-20-4-2/h5-8,25-27H,3-4,9-21H2,1-2H3. The van der Waals surface area contributed by atoms with Gasteiger partial charge in [0.05, 0.1) is 24.5 Å². The molecule has 33 heavy (non-hydrogen) atoms. The molecule has 0 spiro atoms. The highest BCUT2D eigenvalue weighted by atomic mass is 16.5. The minimum atomic E-state index is 0.00456. The number of carbonyl (C=O) groups excluding carboxylic acids is 1. The number of esters is 1. The lowest BCUT2D eigenvalue weighted by atomic mass is 9.49. The Morgan fingerprint density at radius 2 is 1.64 bits per heavy atom. The van der Waals surface area contributed by atoms with E-state index in [1.165, 1.54) is 62.5 Å². The summed E-state index contributed by atoms with van der Waals surface area (Å²) in [6.45, 7) is 4.90. The van der Waals surface area contributed by atoms with Crippen molar-refractivity contribution >= 4 is 5.97 Å². The van der Waals surface area contributed by atoms with Gasteiger partial charge in [0.1, 0.15) is 0 Å². The van der Waals surface area contributed by atoms with Crippen LogP contribution in [0.25, 0.3) is 0 Å². The Balaban J connectivity index is 1.32. The Kier molecular flexibility index (Phi) is 7.83. The van der Waals surface area contributed by atoms with Gasteiger partial charge in [-0.3, -0.25) is 4.79 Å². The van der Waals surface area contributed by atoms with Gasteiger partial charge in [0.2, 0.25) is 0 Å². The van der Waals surface area contributed by atoms with Crippen LogP contribution in [0.3, 0.4) is 0 Å². The predicted octanol–water partition coefficient (Wildman–Crippen LogP) is 7.74. The van der Waals surface area contributed by atoms with E-state index in [2.05, 4.69) is 37.3 Å². The molecule has 3 heteroatoms. The minimum absolute atomic E-state index is 0.00456. The molecule has 1 aromatic carbocycles. The summed E-state index contributed by atoms with van der Waals surface area (Å²) in [4.78, 5) is 12.2. The van der Waals surface area contributed by atoms with Crippen LogP contribution in [-0.2, 0) is 16.0 Å². The van der Waals surface area contributed by atoms with E-state index in [1.807, 2.05) is 6.92 Å². The number of benzene rings is 1. The molecule has 180 valence electrons. The molecule has 1 atom stereocenters. The molecule has 1 aromatic rings. The Morgan fingerprint density at radius 1 is 1.00 bits per heavy atom. The molecule has 4 saturated carbocycles. The first-order chi connectivity index (χ1) is 16.0. The van der Waals surface area contributed by atoms with Crippen molar-refractivity contribution in [2.24, 2.45) is 22.7 Å². The lowest BCUT2D eigenvalue weighted by Gasteiger charge is -2.55. The minimum Gasteiger partial charge on any atom is -0.465 e. The van der Waals surface area contributed by atoms with E-state index in [-0.39, 0.29) is 23.2 Å². The first-order valence-corrected chi connectivity index (χ1v) is 13.7. The smallest absolute Gasteiger partial charge is 0.308 e. The number of nitrogens with zero attached hydrogens (tertiary/aromatic N) is 1. The third kappa shape index (κ3) is 5.31. The van der Waals surface area contributed by atoms with Crippen LogP contribution in [0.1, 0.15) is 114 Å². The molecule has 4 aliphatic carbocycles. The molecule has 1 unspecified atom stereocenters. The van der Waals surface area contributed by atoms with E-state index < -0.39 is 0 Å². The second-order valence-corrected chi connectivity index (χ2v) is 11.5. The largest absolute Gasteiger partial charge is 0.465 e. The Bertz CT molecular complexity index is 803. The summed E-state index contributed by atoms with van der Waals surface area (Å²) in [7, 11) is 0. The molecule has 0 heterocycles. The van der Waals surface area contributed by atoms with Crippen molar-refractivity contribution in [2.75, 3.05) is 6.61 Å². The molecular weight excluding hydrogens is 406 g/mol. The molecule has 0 radical (unpaired) electrons. The van der Waals surface area contributed by atoms with Crippen LogP contribution < -0.4 is 0 Å². The van der Waals surface area contributed by atoms with Gasteiger partial charge in [-0.2, -0.15) is 5.26 Å². The van der Waals surface area contributed by atoms with E-state index in [0.29, 0.717) is 17.9 Å². The quantitative estimate of drug-likeness (QED) is 0.362. The number of nitriles is 1. The van der Waals surface area contributed by atoms with Gasteiger partial charge in [-0.05, 0) is 111 Å². The second-order valence-electron chi connectivity index (χ2n) is 11.5. The number of fused-ring (bicyclic) bond motifs is 3. The van der Waals surface area contributed by atoms with Crippen molar-refractivity contribution in [1.82, 2.24) is 0 Å². The molecule has 0 amide bonds. The van der Waals surface area contributed by atoms with Gasteiger partial charge in [0.15, 0.2) is 0 Å². The zero-order valence-electron chi connectivity index (χ0n) is 20.9. The predicted molar refractivity (Wildman–Crippen MR) is 133 cm³/mol. The van der Waals surface area contributed by atoms with Gasteiger partial charge in [-0.25, -0.2) is 0 Å². The van der Waals surface area contributed by atoms with Crippen LogP contribution in [0.2, 0.25) is 0 Å². The summed E-state index contributed by atoms with van der Waals surface area (Å²) < 4.78 is 5.36. The van der Waals surface area contributed by atoms with Crippen molar-refractivity contribution in [3.63, 3.8) is 0 Å². The third-order valence-corrected chi connectivity index (χ3v) is 9.53. The lowest BCUT2D eigenvalue weighted by molar-refractivity contribution is -0.149. The zero-order chi connectivity index (χ0) is 23.3. The average molecular weight is 450 g/mol. The monoisotopic (exact) mass is 449 g/mol. The highest BCUT2D eigenvalue weighted by molar-refractivity contribution is 5.72. The van der Waals surface area contributed by atoms with Crippen LogP contribution in [0.5, 0.6) is 0 Å². The van der Waals surface area contributed by atoms with Crippen molar-refractivity contribution < 1.29 is 9.53 Å². The van der Waals surface area contributed by atoms with E-state index in [1.54, 1.807) is 0 Å². The summed E-state index contributed by atoms with van der Waals surface area (Å²) in [5, 5.41) is 10.1. The Morgan fingerprint density at radius 3 is 2.18 bits per heavy atom. The maximum Gasteiger partial charge on any atom is 0.308 e. The molecule has 5 rings (SSSR count). The molecule has 0 aromatic heterocycles. The first-order valence-electron chi connectivity index (χ1n) is 13.7. The molecular formula is C30H43NO2. The van der Waals surface area contributed by atoms with Crippen LogP contribution >= 0.6 is 0 Å². The van der Waals surface area contributed by atoms with Gasteiger partial charge in [-0.15, -0.1) is 0 Å². The molecule has 2 bridgehead atoms. The van der Waals surface area contributed by atoms with Gasteiger partial charge in [0, 0.05) is 0 Å². The summed E-state index contributed by atoms with van der Waals surface area (Å²) in [6, 6.07) is 11.9. The van der Waals surface area contributed by atoms with Crippen molar-refractivity contribution in [3.8, 4) is 6.07 Å². The molecule has 0 N–H and O–H groups in total. The fourth-order valence-corrected chi connectivity index (χ4v) is 7.26. The number of ether oxygens (including phenoxy) is 1. The maximum atomic E-state index is 12.2. The van der Waals surface area contributed by atoms with E-state index in [4.69, 9.17) is 4.74 Å². The van der Waals surface area contributed by atoms with Crippen LogP contribution in [0, 0.1) is 34.0 Å². The fraction of sp³-hybridized carbons (Fsp3) is 0.733. The molecule has 4 fully saturated rings.